The number of carbonyl (C=O) groups is 5. The first-order valence-corrected chi connectivity index (χ1v) is 12.7. The molecule has 1 aromatic heterocycles. The molecule has 4 atom stereocenters. The topological polar surface area (TPSA) is 156 Å². The van der Waals surface area contributed by atoms with E-state index < -0.39 is 66.5 Å². The number of hydrogen-bond donors (Lipinski definition) is 1. The van der Waals surface area contributed by atoms with Crippen molar-refractivity contribution >= 4 is 29.8 Å². The highest BCUT2D eigenvalue weighted by atomic mass is 16.6. The molecule has 12 nitrogen and oxygen atoms in total. The summed E-state index contributed by atoms with van der Waals surface area (Å²) < 4.78 is 26.9. The lowest BCUT2D eigenvalue weighted by atomic mass is 9.91. The Hall–Kier alpha value is -4.48. The van der Waals surface area contributed by atoms with Crippen molar-refractivity contribution in [3.63, 3.8) is 0 Å². The minimum atomic E-state index is -1.45. The zero-order chi connectivity index (χ0) is 29.4. The molecule has 1 aliphatic heterocycles. The number of benzene rings is 1. The molecule has 1 saturated heterocycles. The molecule has 0 spiro atoms. The van der Waals surface area contributed by atoms with Gasteiger partial charge in [-0.2, -0.15) is 0 Å². The number of ether oxygens (including phenoxy) is 5. The van der Waals surface area contributed by atoms with E-state index in [9.17, 15) is 24.0 Å². The third kappa shape index (κ3) is 7.55. The van der Waals surface area contributed by atoms with E-state index in [4.69, 9.17) is 23.7 Å². The molecule has 214 valence electrons. The second-order valence-electron chi connectivity index (χ2n) is 9.44. The van der Waals surface area contributed by atoms with Gasteiger partial charge in [0.25, 0.3) is 5.91 Å². The van der Waals surface area contributed by atoms with Crippen LogP contribution in [-0.2, 0) is 39.8 Å². The van der Waals surface area contributed by atoms with Gasteiger partial charge >= 0.3 is 23.9 Å². The number of nitrogens with zero attached hydrogens (tertiary/aromatic N) is 1. The summed E-state index contributed by atoms with van der Waals surface area (Å²) in [5.41, 5.74) is 0.437. The Morgan fingerprint density at radius 1 is 1.10 bits per heavy atom. The van der Waals surface area contributed by atoms with Gasteiger partial charge in [-0.1, -0.05) is 44.2 Å². The molecule has 2 heterocycles. The molecule has 0 bridgehead atoms. The van der Waals surface area contributed by atoms with Crippen LogP contribution in [0.4, 0.5) is 0 Å². The van der Waals surface area contributed by atoms with Crippen molar-refractivity contribution in [1.29, 1.82) is 0 Å². The molecule has 1 amide bonds. The molecule has 1 fully saturated rings. The van der Waals surface area contributed by atoms with E-state index in [0.29, 0.717) is 0 Å². The number of amides is 1. The molecule has 3 rings (SSSR count). The maximum atomic E-state index is 13.3. The van der Waals surface area contributed by atoms with Gasteiger partial charge in [0.2, 0.25) is 5.75 Å². The number of esters is 4. The highest BCUT2D eigenvalue weighted by molar-refractivity contribution is 5.98. The third-order valence-corrected chi connectivity index (χ3v) is 6.02. The Balaban J connectivity index is 1.90. The van der Waals surface area contributed by atoms with E-state index >= 15 is 0 Å². The largest absolute Gasteiger partial charge is 0.493 e. The molecule has 2 aromatic rings. The highest BCUT2D eigenvalue weighted by Crippen LogP contribution is 2.30. The van der Waals surface area contributed by atoms with Gasteiger partial charge in [0, 0.05) is 19.2 Å². The molecule has 0 aliphatic carbocycles. The van der Waals surface area contributed by atoms with E-state index in [1.807, 2.05) is 18.2 Å². The number of hydrogen-bond acceptors (Lipinski definition) is 11. The summed E-state index contributed by atoms with van der Waals surface area (Å²) in [7, 11) is 1.31. The van der Waals surface area contributed by atoms with Crippen LogP contribution in [0, 0.1) is 11.8 Å². The standard InChI is InChI=1S/C28H32N2O10/c1-15(2)26(33)40-23-16(3)38-28(35)20(14-37-27(34)19(23)13-18-9-7-6-8-10-18)30-25(32)22-24(39-17(4)31)21(36-5)11-12-29-22/h6-12,15-16,19-20,23H,13-14H2,1-5H3,(H,30,32)/t16?,19-,20+,23+/m1/s1. The number of rotatable bonds is 8. The fourth-order valence-electron chi connectivity index (χ4n) is 3.97. The van der Waals surface area contributed by atoms with Crippen molar-refractivity contribution in [2.45, 2.75) is 52.4 Å². The Morgan fingerprint density at radius 3 is 2.42 bits per heavy atom. The molecule has 1 aromatic carbocycles. The molecule has 1 aliphatic rings. The number of pyridine rings is 1. The van der Waals surface area contributed by atoms with Gasteiger partial charge in [-0.05, 0) is 18.9 Å². The predicted molar refractivity (Wildman–Crippen MR) is 138 cm³/mol. The summed E-state index contributed by atoms with van der Waals surface area (Å²) in [4.78, 5) is 67.7. The lowest BCUT2D eigenvalue weighted by Gasteiger charge is -2.29. The van der Waals surface area contributed by atoms with Crippen LogP contribution in [0.15, 0.2) is 42.6 Å². The Kier molecular flexibility index (Phi) is 10.2. The van der Waals surface area contributed by atoms with Crippen molar-refractivity contribution in [2.75, 3.05) is 13.7 Å². The number of methoxy groups -OCH3 is 1. The van der Waals surface area contributed by atoms with E-state index in [0.717, 1.165) is 12.5 Å². The predicted octanol–water partition coefficient (Wildman–Crippen LogP) is 2.03. The Bertz CT molecular complexity index is 1250. The normalized spacial score (nSPS) is 21.1. The number of nitrogens with one attached hydrogen (secondary N) is 1. The molecule has 40 heavy (non-hydrogen) atoms. The van der Waals surface area contributed by atoms with Gasteiger partial charge in [-0.3, -0.25) is 19.2 Å². The minimum Gasteiger partial charge on any atom is -0.493 e. The van der Waals surface area contributed by atoms with Crippen LogP contribution in [0.1, 0.15) is 43.7 Å². The average molecular weight is 557 g/mol. The summed E-state index contributed by atoms with van der Waals surface area (Å²) in [5, 5.41) is 2.42. The molecule has 0 radical (unpaired) electrons. The van der Waals surface area contributed by atoms with Crippen LogP contribution in [0.5, 0.6) is 11.5 Å². The average Bonchev–Trinajstić information content (AvgIpc) is 2.95. The lowest BCUT2D eigenvalue weighted by Crippen LogP contribution is -2.47. The molecule has 1 unspecified atom stereocenters. The SMILES string of the molecule is COc1ccnc(C(=O)N[C@H]2COC(=O)[C@H](Cc3ccccc3)[C@@H](OC(=O)C(C)C)C(C)OC2=O)c1OC(C)=O. The molecular weight excluding hydrogens is 524 g/mol. The molecule has 0 saturated carbocycles. The summed E-state index contributed by atoms with van der Waals surface area (Å²) in [6.07, 6.45) is -0.822. The second-order valence-corrected chi connectivity index (χ2v) is 9.44. The van der Waals surface area contributed by atoms with Crippen molar-refractivity contribution < 1.29 is 47.7 Å². The van der Waals surface area contributed by atoms with Crippen LogP contribution in [0.25, 0.3) is 0 Å². The first kappa shape index (κ1) is 30.1. The molecule has 1 N–H and O–H groups in total. The quantitative estimate of drug-likeness (QED) is 0.375. The zero-order valence-electron chi connectivity index (χ0n) is 22.9. The highest BCUT2D eigenvalue weighted by Gasteiger charge is 2.42. The van der Waals surface area contributed by atoms with Crippen LogP contribution in [-0.4, -0.2) is 66.7 Å². The monoisotopic (exact) mass is 556 g/mol. The Labute approximate surface area is 231 Å². The van der Waals surface area contributed by atoms with Crippen LogP contribution >= 0.6 is 0 Å². The first-order valence-electron chi connectivity index (χ1n) is 12.7. The van der Waals surface area contributed by atoms with Crippen molar-refractivity contribution in [3.05, 3.63) is 53.9 Å². The first-order chi connectivity index (χ1) is 19.0. The number of carbonyl (C=O) groups excluding carboxylic acids is 5. The van der Waals surface area contributed by atoms with Gasteiger partial charge < -0.3 is 29.0 Å². The second kappa shape index (κ2) is 13.5. The van der Waals surface area contributed by atoms with Crippen molar-refractivity contribution in [3.8, 4) is 11.5 Å². The van der Waals surface area contributed by atoms with Gasteiger partial charge in [0.1, 0.15) is 18.6 Å². The fraction of sp³-hybridized carbons (Fsp3) is 0.429. The van der Waals surface area contributed by atoms with E-state index in [-0.39, 0.29) is 23.6 Å². The summed E-state index contributed by atoms with van der Waals surface area (Å²) >= 11 is 0. The Morgan fingerprint density at radius 2 is 1.80 bits per heavy atom. The molecular formula is C28H32N2O10. The smallest absolute Gasteiger partial charge is 0.332 e. The van der Waals surface area contributed by atoms with E-state index in [2.05, 4.69) is 10.3 Å². The lowest BCUT2D eigenvalue weighted by molar-refractivity contribution is -0.176. The van der Waals surface area contributed by atoms with Crippen LogP contribution in [0.2, 0.25) is 0 Å². The third-order valence-electron chi connectivity index (χ3n) is 6.02. The fourth-order valence-corrected chi connectivity index (χ4v) is 3.97. The van der Waals surface area contributed by atoms with Crippen LogP contribution in [0.3, 0.4) is 0 Å². The number of aromatic nitrogens is 1. The van der Waals surface area contributed by atoms with E-state index in [1.54, 1.807) is 26.0 Å². The maximum Gasteiger partial charge on any atom is 0.332 e. The van der Waals surface area contributed by atoms with Gasteiger partial charge in [-0.15, -0.1) is 0 Å². The molecule has 12 heteroatoms. The summed E-state index contributed by atoms with van der Waals surface area (Å²) in [6.45, 7) is 5.34. The van der Waals surface area contributed by atoms with Crippen molar-refractivity contribution in [2.24, 2.45) is 11.8 Å². The van der Waals surface area contributed by atoms with Gasteiger partial charge in [0.05, 0.1) is 13.0 Å². The summed E-state index contributed by atoms with van der Waals surface area (Å²) in [6, 6.07) is 8.98. The van der Waals surface area contributed by atoms with Crippen molar-refractivity contribution in [1.82, 2.24) is 10.3 Å². The minimum absolute atomic E-state index is 0.0611. The summed E-state index contributed by atoms with van der Waals surface area (Å²) in [5.74, 6) is -5.58. The van der Waals surface area contributed by atoms with Gasteiger partial charge in [-0.25, -0.2) is 9.78 Å². The van der Waals surface area contributed by atoms with E-state index in [1.165, 1.54) is 26.3 Å². The zero-order valence-corrected chi connectivity index (χ0v) is 22.9. The van der Waals surface area contributed by atoms with Crippen LogP contribution < -0.4 is 14.8 Å². The number of cyclic esters (lactones) is 2. The van der Waals surface area contributed by atoms with Gasteiger partial charge in [0.15, 0.2) is 23.6 Å². The maximum absolute atomic E-state index is 13.3.